The lowest BCUT2D eigenvalue weighted by Crippen LogP contribution is -2.25. The van der Waals surface area contributed by atoms with Crippen molar-refractivity contribution in [2.45, 2.75) is 32.7 Å². The zero-order valence-electron chi connectivity index (χ0n) is 12.4. The van der Waals surface area contributed by atoms with E-state index in [4.69, 9.17) is 11.6 Å². The van der Waals surface area contributed by atoms with Gasteiger partial charge in [0.1, 0.15) is 0 Å². The molecule has 1 heterocycles. The molecule has 0 saturated carbocycles. The van der Waals surface area contributed by atoms with Gasteiger partial charge in [-0.3, -0.25) is 4.98 Å². The number of hydrogen-bond donors (Lipinski definition) is 1. The van der Waals surface area contributed by atoms with Gasteiger partial charge in [0.2, 0.25) is 0 Å². The number of aromatic nitrogens is 1. The fourth-order valence-corrected chi connectivity index (χ4v) is 2.98. The van der Waals surface area contributed by atoms with E-state index in [2.05, 4.69) is 58.3 Å². The molecular formula is C17H20BrClN2. The Bertz CT molecular complexity index is 601. The van der Waals surface area contributed by atoms with Crippen molar-refractivity contribution in [2.75, 3.05) is 6.54 Å². The first kappa shape index (κ1) is 16.5. The van der Waals surface area contributed by atoms with E-state index in [0.717, 1.165) is 34.4 Å². The summed E-state index contributed by atoms with van der Waals surface area (Å²) >= 11 is 9.88. The van der Waals surface area contributed by atoms with Gasteiger partial charge in [0.15, 0.2) is 0 Å². The van der Waals surface area contributed by atoms with Crippen LogP contribution in [0.1, 0.15) is 36.1 Å². The van der Waals surface area contributed by atoms with Gasteiger partial charge in [-0.2, -0.15) is 0 Å². The molecule has 1 aromatic heterocycles. The lowest BCUT2D eigenvalue weighted by Gasteiger charge is -2.22. The fraction of sp³-hybridized carbons (Fsp3) is 0.353. The maximum Gasteiger partial charge on any atom is 0.0622 e. The highest BCUT2D eigenvalue weighted by Gasteiger charge is 2.16. The predicted molar refractivity (Wildman–Crippen MR) is 92.9 cm³/mol. The number of nitrogens with one attached hydrogen (secondary N) is 1. The minimum absolute atomic E-state index is 0.252. The van der Waals surface area contributed by atoms with Crippen LogP contribution in [-0.2, 0) is 6.42 Å². The summed E-state index contributed by atoms with van der Waals surface area (Å²) in [7, 11) is 0. The van der Waals surface area contributed by atoms with E-state index >= 15 is 0 Å². The summed E-state index contributed by atoms with van der Waals surface area (Å²) in [5, 5.41) is 4.36. The van der Waals surface area contributed by atoms with Gasteiger partial charge in [-0.05, 0) is 55.1 Å². The second-order valence-corrected chi connectivity index (χ2v) is 6.39. The molecule has 4 heteroatoms. The molecule has 21 heavy (non-hydrogen) atoms. The molecule has 0 spiro atoms. The Hall–Kier alpha value is -0.900. The van der Waals surface area contributed by atoms with E-state index in [1.807, 2.05) is 6.07 Å². The van der Waals surface area contributed by atoms with E-state index in [1.165, 1.54) is 11.1 Å². The average molecular weight is 368 g/mol. The monoisotopic (exact) mass is 366 g/mol. The molecule has 112 valence electrons. The standard InChI is InChI=1S/C17H20BrClN2/c1-3-8-21-17(10-13-7-9-20-11-16(13)19)14-5-4-6-15(18)12(14)2/h4-7,9,11,17,21H,3,8,10H2,1-2H3. The fourth-order valence-electron chi connectivity index (χ4n) is 2.40. The Kier molecular flexibility index (Phi) is 6.22. The van der Waals surface area contributed by atoms with Gasteiger partial charge >= 0.3 is 0 Å². The predicted octanol–water partition coefficient (Wildman–Crippen LogP) is 5.09. The minimum Gasteiger partial charge on any atom is -0.310 e. The number of nitrogens with zero attached hydrogens (tertiary/aromatic N) is 1. The summed E-state index contributed by atoms with van der Waals surface area (Å²) in [5.41, 5.74) is 3.71. The Balaban J connectivity index is 2.30. The molecule has 1 aromatic carbocycles. The molecule has 2 aromatic rings. The maximum absolute atomic E-state index is 6.26. The second-order valence-electron chi connectivity index (χ2n) is 5.13. The van der Waals surface area contributed by atoms with Gasteiger partial charge in [-0.1, -0.05) is 46.6 Å². The molecule has 0 saturated heterocycles. The highest BCUT2D eigenvalue weighted by Crippen LogP contribution is 2.28. The summed E-state index contributed by atoms with van der Waals surface area (Å²) in [6.45, 7) is 5.31. The van der Waals surface area contributed by atoms with Gasteiger partial charge in [0.05, 0.1) is 5.02 Å². The van der Waals surface area contributed by atoms with Gasteiger partial charge in [-0.25, -0.2) is 0 Å². The van der Waals surface area contributed by atoms with Crippen molar-refractivity contribution in [3.05, 3.63) is 62.8 Å². The van der Waals surface area contributed by atoms with Crippen molar-refractivity contribution in [2.24, 2.45) is 0 Å². The normalized spacial score (nSPS) is 12.4. The molecule has 2 nitrogen and oxygen atoms in total. The molecule has 0 aliphatic rings. The van der Waals surface area contributed by atoms with Crippen LogP contribution < -0.4 is 5.32 Å². The summed E-state index contributed by atoms with van der Waals surface area (Å²) in [5.74, 6) is 0. The molecule has 1 atom stereocenters. The molecule has 0 radical (unpaired) electrons. The first-order valence-corrected chi connectivity index (χ1v) is 8.37. The van der Waals surface area contributed by atoms with Crippen molar-refractivity contribution in [3.8, 4) is 0 Å². The van der Waals surface area contributed by atoms with Gasteiger partial charge < -0.3 is 5.32 Å². The van der Waals surface area contributed by atoms with Crippen LogP contribution in [-0.4, -0.2) is 11.5 Å². The van der Waals surface area contributed by atoms with Crippen LogP contribution in [0.3, 0.4) is 0 Å². The molecule has 0 bridgehead atoms. The first-order chi connectivity index (χ1) is 10.1. The van der Waals surface area contributed by atoms with Crippen molar-refractivity contribution in [1.82, 2.24) is 10.3 Å². The van der Waals surface area contributed by atoms with E-state index in [9.17, 15) is 0 Å². The Morgan fingerprint density at radius 2 is 2.14 bits per heavy atom. The van der Waals surface area contributed by atoms with Crippen LogP contribution in [0.15, 0.2) is 41.1 Å². The van der Waals surface area contributed by atoms with E-state index in [1.54, 1.807) is 12.4 Å². The van der Waals surface area contributed by atoms with Crippen LogP contribution in [0, 0.1) is 6.92 Å². The number of benzene rings is 1. The van der Waals surface area contributed by atoms with E-state index in [0.29, 0.717) is 0 Å². The van der Waals surface area contributed by atoms with Crippen molar-refractivity contribution in [1.29, 1.82) is 0 Å². The molecule has 1 unspecified atom stereocenters. The van der Waals surface area contributed by atoms with Crippen LogP contribution in [0.2, 0.25) is 5.02 Å². The van der Waals surface area contributed by atoms with Crippen molar-refractivity contribution < 1.29 is 0 Å². The van der Waals surface area contributed by atoms with Crippen LogP contribution >= 0.6 is 27.5 Å². The Morgan fingerprint density at radius 1 is 1.33 bits per heavy atom. The van der Waals surface area contributed by atoms with Crippen LogP contribution in [0.25, 0.3) is 0 Å². The lowest BCUT2D eigenvalue weighted by molar-refractivity contribution is 0.527. The lowest BCUT2D eigenvalue weighted by atomic mass is 9.95. The van der Waals surface area contributed by atoms with Gasteiger partial charge in [0.25, 0.3) is 0 Å². The van der Waals surface area contributed by atoms with Gasteiger partial charge in [0, 0.05) is 22.9 Å². The number of pyridine rings is 1. The highest BCUT2D eigenvalue weighted by atomic mass is 79.9. The average Bonchev–Trinajstić information content (AvgIpc) is 2.48. The highest BCUT2D eigenvalue weighted by molar-refractivity contribution is 9.10. The summed E-state index contributed by atoms with van der Waals surface area (Å²) < 4.78 is 1.14. The van der Waals surface area contributed by atoms with Crippen LogP contribution in [0.4, 0.5) is 0 Å². The Morgan fingerprint density at radius 3 is 2.86 bits per heavy atom. The molecule has 0 aliphatic heterocycles. The number of rotatable bonds is 6. The number of halogens is 2. The third-order valence-corrected chi connectivity index (χ3v) is 4.81. The zero-order chi connectivity index (χ0) is 15.2. The quantitative estimate of drug-likeness (QED) is 0.769. The SMILES string of the molecule is CCCNC(Cc1ccncc1Cl)c1cccc(Br)c1C. The molecular weight excluding hydrogens is 348 g/mol. The topological polar surface area (TPSA) is 24.9 Å². The Labute approximate surface area is 140 Å². The van der Waals surface area contributed by atoms with E-state index < -0.39 is 0 Å². The zero-order valence-corrected chi connectivity index (χ0v) is 14.7. The third-order valence-electron chi connectivity index (χ3n) is 3.61. The van der Waals surface area contributed by atoms with E-state index in [-0.39, 0.29) is 6.04 Å². The smallest absolute Gasteiger partial charge is 0.0622 e. The van der Waals surface area contributed by atoms with Crippen molar-refractivity contribution >= 4 is 27.5 Å². The third kappa shape index (κ3) is 4.29. The second kappa shape index (κ2) is 7.92. The van der Waals surface area contributed by atoms with Crippen molar-refractivity contribution in [3.63, 3.8) is 0 Å². The summed E-state index contributed by atoms with van der Waals surface area (Å²) in [4.78, 5) is 4.06. The molecule has 0 fully saturated rings. The molecule has 2 rings (SSSR count). The van der Waals surface area contributed by atoms with Crippen LogP contribution in [0.5, 0.6) is 0 Å². The number of hydrogen-bond acceptors (Lipinski definition) is 2. The molecule has 0 amide bonds. The van der Waals surface area contributed by atoms with Gasteiger partial charge in [-0.15, -0.1) is 0 Å². The maximum atomic E-state index is 6.26. The first-order valence-electron chi connectivity index (χ1n) is 7.20. The summed E-state index contributed by atoms with van der Waals surface area (Å²) in [6, 6.07) is 8.59. The summed E-state index contributed by atoms with van der Waals surface area (Å²) in [6.07, 6.45) is 5.47. The molecule has 0 aliphatic carbocycles. The largest absolute Gasteiger partial charge is 0.310 e. The minimum atomic E-state index is 0.252. The molecule has 1 N–H and O–H groups in total.